The summed E-state index contributed by atoms with van der Waals surface area (Å²) < 4.78 is 5.10. The van der Waals surface area contributed by atoms with Crippen LogP contribution in [0.4, 0.5) is 28.1 Å². The smallest absolute Gasteiger partial charge is 0.333 e. The molecule has 0 aliphatic heterocycles. The van der Waals surface area contributed by atoms with Crippen molar-refractivity contribution in [3.8, 4) is 0 Å². The number of nitrogens with zero attached hydrogens (tertiary/aromatic N) is 5. The van der Waals surface area contributed by atoms with Crippen molar-refractivity contribution >= 4 is 52.5 Å². The van der Waals surface area contributed by atoms with Crippen molar-refractivity contribution in [2.45, 2.75) is 0 Å². The fourth-order valence-corrected chi connectivity index (χ4v) is 3.11. The van der Waals surface area contributed by atoms with E-state index in [-0.39, 0.29) is 0 Å². The maximum Gasteiger partial charge on any atom is 0.333 e. The van der Waals surface area contributed by atoms with Crippen molar-refractivity contribution < 1.29 is 9.53 Å². The van der Waals surface area contributed by atoms with E-state index in [1.54, 1.807) is 62.0 Å². The van der Waals surface area contributed by atoms with Crippen LogP contribution < -0.4 is 15.1 Å². The number of carbonyl (C=O) groups is 1. The average Bonchev–Trinajstić information content (AvgIpc) is 2.72. The third kappa shape index (κ3) is 5.56. The lowest BCUT2D eigenvalue weighted by Gasteiger charge is -2.24. The van der Waals surface area contributed by atoms with Gasteiger partial charge in [-0.25, -0.2) is 19.7 Å². The molecule has 1 aromatic carbocycles. The summed E-state index contributed by atoms with van der Waals surface area (Å²) in [5, 5.41) is 3.53. The number of urea groups is 1. The molecule has 2 heterocycles. The number of hydrogen-bond acceptors (Lipinski definition) is 6. The summed E-state index contributed by atoms with van der Waals surface area (Å²) in [6.07, 6.45) is 3.16. The number of hydrogen-bond donors (Lipinski definition) is 1. The number of pyridine rings is 1. The first-order chi connectivity index (χ1) is 14.5. The highest BCUT2D eigenvalue weighted by Crippen LogP contribution is 2.31. The Labute approximate surface area is 184 Å². The van der Waals surface area contributed by atoms with Crippen LogP contribution in [-0.4, -0.2) is 48.3 Å². The molecular weight excluding hydrogens is 427 g/mol. The van der Waals surface area contributed by atoms with Gasteiger partial charge in [0.15, 0.2) is 0 Å². The Kier molecular flexibility index (Phi) is 7.40. The second-order valence-corrected chi connectivity index (χ2v) is 7.11. The molecule has 3 rings (SSSR count). The molecule has 0 saturated heterocycles. The number of likely N-dealkylation sites (N-methyl/N-ethyl adjacent to an activating group) is 1. The van der Waals surface area contributed by atoms with Gasteiger partial charge in [-0.05, 0) is 30.3 Å². The Balaban J connectivity index is 2.00. The molecule has 3 aromatic rings. The monoisotopic (exact) mass is 446 g/mol. The maximum atomic E-state index is 13.2. The highest BCUT2D eigenvalue weighted by atomic mass is 35.5. The quantitative estimate of drug-likeness (QED) is 0.569. The molecule has 30 heavy (non-hydrogen) atoms. The van der Waals surface area contributed by atoms with Crippen LogP contribution in [0.5, 0.6) is 0 Å². The number of rotatable bonds is 7. The van der Waals surface area contributed by atoms with Crippen LogP contribution in [0.3, 0.4) is 0 Å². The van der Waals surface area contributed by atoms with Gasteiger partial charge in [0.2, 0.25) is 5.95 Å². The highest BCUT2D eigenvalue weighted by molar-refractivity contribution is 6.35. The van der Waals surface area contributed by atoms with Gasteiger partial charge < -0.3 is 9.64 Å². The first-order valence-electron chi connectivity index (χ1n) is 8.99. The summed E-state index contributed by atoms with van der Waals surface area (Å²) >= 11 is 12.4. The minimum Gasteiger partial charge on any atom is -0.383 e. The standard InChI is InChI=1S/C20H20Cl2N6O2/c1-27(9-10-30-2)19-24-8-6-18(26-19)28(16-12-14(21)11-15(22)13-16)20(29)25-17-5-3-4-7-23-17/h3-8,11-13H,9-10H2,1-2H3,(H,23,25,29). The lowest BCUT2D eigenvalue weighted by molar-refractivity contribution is 0.206. The van der Waals surface area contributed by atoms with E-state index in [9.17, 15) is 4.79 Å². The molecule has 0 aliphatic rings. The molecule has 156 valence electrons. The predicted octanol–water partition coefficient (Wildman–Crippen LogP) is 4.63. The van der Waals surface area contributed by atoms with Gasteiger partial charge in [-0.15, -0.1) is 0 Å². The van der Waals surface area contributed by atoms with E-state index in [0.29, 0.717) is 46.5 Å². The number of benzene rings is 1. The molecule has 0 aliphatic carbocycles. The Morgan fingerprint density at radius 2 is 1.87 bits per heavy atom. The Hall–Kier alpha value is -2.94. The molecule has 0 spiro atoms. The summed E-state index contributed by atoms with van der Waals surface area (Å²) in [6, 6.07) is 11.2. The molecule has 1 N–H and O–H groups in total. The summed E-state index contributed by atoms with van der Waals surface area (Å²) in [7, 11) is 3.46. The molecule has 2 amide bonds. The van der Waals surface area contributed by atoms with E-state index in [0.717, 1.165) is 0 Å². The third-order valence-electron chi connectivity index (χ3n) is 4.04. The first-order valence-corrected chi connectivity index (χ1v) is 9.75. The predicted molar refractivity (Wildman–Crippen MR) is 119 cm³/mol. The van der Waals surface area contributed by atoms with Crippen molar-refractivity contribution in [1.29, 1.82) is 0 Å². The number of halogens is 2. The number of methoxy groups -OCH3 is 1. The van der Waals surface area contributed by atoms with Crippen molar-refractivity contribution in [2.75, 3.05) is 42.4 Å². The zero-order valence-corrected chi connectivity index (χ0v) is 17.9. The van der Waals surface area contributed by atoms with Crippen molar-refractivity contribution in [2.24, 2.45) is 0 Å². The lowest BCUT2D eigenvalue weighted by Crippen LogP contribution is -2.32. The van der Waals surface area contributed by atoms with Gasteiger partial charge in [0.25, 0.3) is 0 Å². The number of carbonyl (C=O) groups excluding carboxylic acids is 1. The van der Waals surface area contributed by atoms with Gasteiger partial charge in [0.1, 0.15) is 11.6 Å². The van der Waals surface area contributed by atoms with Crippen LogP contribution >= 0.6 is 23.2 Å². The third-order valence-corrected chi connectivity index (χ3v) is 4.47. The molecule has 0 fully saturated rings. The molecule has 0 saturated carbocycles. The molecule has 8 nitrogen and oxygen atoms in total. The number of ether oxygens (including phenoxy) is 1. The maximum absolute atomic E-state index is 13.2. The van der Waals surface area contributed by atoms with Crippen LogP contribution in [0.15, 0.2) is 54.9 Å². The van der Waals surface area contributed by atoms with Gasteiger partial charge in [-0.1, -0.05) is 29.3 Å². The molecule has 0 radical (unpaired) electrons. The fraction of sp³-hybridized carbons (Fsp3) is 0.200. The van der Waals surface area contributed by atoms with Crippen molar-refractivity contribution in [3.63, 3.8) is 0 Å². The van der Waals surface area contributed by atoms with Crippen molar-refractivity contribution in [3.05, 3.63) is 64.9 Å². The average molecular weight is 447 g/mol. The number of aromatic nitrogens is 3. The van der Waals surface area contributed by atoms with Crippen molar-refractivity contribution in [1.82, 2.24) is 15.0 Å². The largest absolute Gasteiger partial charge is 0.383 e. The van der Waals surface area contributed by atoms with Gasteiger partial charge in [0, 0.05) is 49.2 Å². The molecule has 10 heteroatoms. The first kappa shape index (κ1) is 21.8. The highest BCUT2D eigenvalue weighted by Gasteiger charge is 2.22. The topological polar surface area (TPSA) is 83.5 Å². The molecule has 2 aromatic heterocycles. The van der Waals surface area contributed by atoms with Gasteiger partial charge in [-0.2, -0.15) is 4.98 Å². The fourth-order valence-electron chi connectivity index (χ4n) is 2.60. The SMILES string of the molecule is COCCN(C)c1nccc(N(C(=O)Nc2ccccn2)c2cc(Cl)cc(Cl)c2)n1. The zero-order valence-electron chi connectivity index (χ0n) is 16.4. The number of anilines is 4. The number of amides is 2. The van der Waals surface area contributed by atoms with Gasteiger partial charge in [0.05, 0.1) is 12.3 Å². The Bertz CT molecular complexity index is 985. The second-order valence-electron chi connectivity index (χ2n) is 6.24. The second kappa shape index (κ2) is 10.2. The van der Waals surface area contributed by atoms with E-state index in [1.807, 2.05) is 11.9 Å². The van der Waals surface area contributed by atoms with E-state index in [2.05, 4.69) is 20.3 Å². The summed E-state index contributed by atoms with van der Waals surface area (Å²) in [5.74, 6) is 1.18. The minimum absolute atomic E-state index is 0.344. The number of nitrogens with one attached hydrogen (secondary N) is 1. The van der Waals surface area contributed by atoms with Gasteiger partial charge >= 0.3 is 6.03 Å². The lowest BCUT2D eigenvalue weighted by atomic mass is 10.3. The zero-order chi connectivity index (χ0) is 21.5. The summed E-state index contributed by atoms with van der Waals surface area (Å²) in [6.45, 7) is 1.10. The van der Waals surface area contributed by atoms with Crippen LogP contribution in [-0.2, 0) is 4.74 Å². The van der Waals surface area contributed by atoms with E-state index < -0.39 is 6.03 Å². The van der Waals surface area contributed by atoms with E-state index in [1.165, 1.54) is 4.90 Å². The molecule has 0 bridgehead atoms. The molecule has 0 atom stereocenters. The minimum atomic E-state index is -0.476. The van der Waals surface area contributed by atoms with Crippen LogP contribution in [0, 0.1) is 0 Å². The van der Waals surface area contributed by atoms with Crippen LogP contribution in [0.1, 0.15) is 0 Å². The molecular formula is C20H20Cl2N6O2. The van der Waals surface area contributed by atoms with Crippen LogP contribution in [0.2, 0.25) is 10.0 Å². The van der Waals surface area contributed by atoms with Gasteiger partial charge in [-0.3, -0.25) is 5.32 Å². The summed E-state index contributed by atoms with van der Waals surface area (Å²) in [4.78, 5) is 29.3. The normalized spacial score (nSPS) is 10.5. The summed E-state index contributed by atoms with van der Waals surface area (Å²) in [5.41, 5.74) is 0.449. The Morgan fingerprint density at radius 1 is 1.10 bits per heavy atom. The molecule has 0 unspecified atom stereocenters. The van der Waals surface area contributed by atoms with E-state index in [4.69, 9.17) is 27.9 Å². The van der Waals surface area contributed by atoms with Crippen LogP contribution in [0.25, 0.3) is 0 Å². The Morgan fingerprint density at radius 3 is 2.53 bits per heavy atom. The van der Waals surface area contributed by atoms with E-state index >= 15 is 0 Å².